The normalized spacial score (nSPS) is 12.9. The maximum atomic E-state index is 12.3. The van der Waals surface area contributed by atoms with Crippen molar-refractivity contribution in [2.75, 3.05) is 5.32 Å². The summed E-state index contributed by atoms with van der Waals surface area (Å²) in [6, 6.07) is 6.85. The summed E-state index contributed by atoms with van der Waals surface area (Å²) in [5.41, 5.74) is 2.00. The lowest BCUT2D eigenvalue weighted by Gasteiger charge is -2.14. The van der Waals surface area contributed by atoms with Gasteiger partial charge in [-0.2, -0.15) is 0 Å². The van der Waals surface area contributed by atoms with E-state index in [2.05, 4.69) is 12.2 Å². The second-order valence-corrected chi connectivity index (χ2v) is 3.71. The van der Waals surface area contributed by atoms with Crippen LogP contribution < -0.4 is 5.32 Å². The maximum Gasteiger partial charge on any atom is 0.258 e. The van der Waals surface area contributed by atoms with E-state index in [-0.39, 0.29) is 0 Å². The summed E-state index contributed by atoms with van der Waals surface area (Å²) in [4.78, 5) is 0. The van der Waals surface area contributed by atoms with Crippen LogP contribution in [0.4, 0.5) is 14.5 Å². The maximum absolute atomic E-state index is 12.3. The van der Waals surface area contributed by atoms with Gasteiger partial charge in [0.15, 0.2) is 0 Å². The Morgan fingerprint density at radius 2 is 1.80 bits per heavy atom. The molecule has 0 saturated carbocycles. The minimum atomic E-state index is -2.33. The van der Waals surface area contributed by atoms with Crippen molar-refractivity contribution in [2.45, 2.75) is 39.2 Å². The van der Waals surface area contributed by atoms with Gasteiger partial charge in [-0.05, 0) is 31.0 Å². The van der Waals surface area contributed by atoms with E-state index in [4.69, 9.17) is 0 Å². The Hall–Kier alpha value is -1.12. The van der Waals surface area contributed by atoms with E-state index in [1.807, 2.05) is 24.3 Å². The Labute approximate surface area is 89.5 Å². The van der Waals surface area contributed by atoms with Crippen LogP contribution in [0.1, 0.15) is 25.8 Å². The van der Waals surface area contributed by atoms with E-state index in [1.54, 1.807) is 0 Å². The van der Waals surface area contributed by atoms with Gasteiger partial charge in [-0.15, -0.1) is 0 Å². The minimum Gasteiger partial charge on any atom is -0.377 e. The fourth-order valence-electron chi connectivity index (χ4n) is 1.38. The lowest BCUT2D eigenvalue weighted by atomic mass is 10.1. The van der Waals surface area contributed by atoms with Crippen LogP contribution in [0.15, 0.2) is 24.3 Å². The van der Waals surface area contributed by atoms with Crippen molar-refractivity contribution in [1.29, 1.82) is 0 Å². The van der Waals surface area contributed by atoms with Gasteiger partial charge in [0.05, 0.1) is 6.04 Å². The lowest BCUT2D eigenvalue weighted by Crippen LogP contribution is -2.23. The molecule has 0 spiro atoms. The highest BCUT2D eigenvalue weighted by molar-refractivity contribution is 5.45. The molecule has 0 amide bonds. The van der Waals surface area contributed by atoms with E-state index in [1.165, 1.54) is 12.5 Å². The topological polar surface area (TPSA) is 12.0 Å². The fourth-order valence-corrected chi connectivity index (χ4v) is 1.38. The third kappa shape index (κ3) is 3.86. The Kier molecular flexibility index (Phi) is 4.53. The molecule has 15 heavy (non-hydrogen) atoms. The molecule has 1 atom stereocenters. The number of aryl methyl sites for hydroxylation is 1. The predicted molar refractivity (Wildman–Crippen MR) is 59.5 cm³/mol. The van der Waals surface area contributed by atoms with Crippen LogP contribution in [0.5, 0.6) is 0 Å². The van der Waals surface area contributed by atoms with Crippen LogP contribution in [0, 0.1) is 0 Å². The summed E-state index contributed by atoms with van der Waals surface area (Å²) >= 11 is 0. The third-order valence-corrected chi connectivity index (χ3v) is 2.26. The van der Waals surface area contributed by atoms with Crippen molar-refractivity contribution in [3.63, 3.8) is 0 Å². The molecule has 1 unspecified atom stereocenters. The van der Waals surface area contributed by atoms with Crippen molar-refractivity contribution in [3.05, 3.63) is 29.8 Å². The molecule has 1 rings (SSSR count). The molecule has 1 aromatic rings. The van der Waals surface area contributed by atoms with Gasteiger partial charge in [-0.1, -0.05) is 25.5 Å². The smallest absolute Gasteiger partial charge is 0.258 e. The standard InChI is InChI=1S/C12H17F2N/c1-3-4-10-5-7-11(8-6-10)15-9(2)12(13)14/h5-9,12,15H,3-4H2,1-2H3. The summed E-state index contributed by atoms with van der Waals surface area (Å²) in [5, 5.41) is 2.76. The molecule has 1 aromatic carbocycles. The summed E-state index contributed by atoms with van der Waals surface area (Å²) in [7, 11) is 0. The van der Waals surface area contributed by atoms with Crippen molar-refractivity contribution < 1.29 is 8.78 Å². The van der Waals surface area contributed by atoms with Gasteiger partial charge in [-0.25, -0.2) is 8.78 Å². The molecular weight excluding hydrogens is 196 g/mol. The number of rotatable bonds is 5. The number of hydrogen-bond acceptors (Lipinski definition) is 1. The molecular formula is C12H17F2N. The van der Waals surface area contributed by atoms with Crippen molar-refractivity contribution in [3.8, 4) is 0 Å². The minimum absolute atomic E-state index is 0.752. The molecule has 1 N–H and O–H groups in total. The monoisotopic (exact) mass is 213 g/mol. The van der Waals surface area contributed by atoms with Gasteiger partial charge in [0, 0.05) is 5.69 Å². The fraction of sp³-hybridized carbons (Fsp3) is 0.500. The first-order valence-corrected chi connectivity index (χ1v) is 5.27. The average molecular weight is 213 g/mol. The molecule has 0 aromatic heterocycles. The number of halogens is 2. The summed E-state index contributed by atoms with van der Waals surface area (Å²) in [6.45, 7) is 3.59. The molecule has 0 aliphatic rings. The molecule has 0 heterocycles. The van der Waals surface area contributed by atoms with E-state index in [9.17, 15) is 8.78 Å². The Morgan fingerprint density at radius 3 is 2.27 bits per heavy atom. The molecule has 0 radical (unpaired) electrons. The Balaban J connectivity index is 2.56. The van der Waals surface area contributed by atoms with E-state index >= 15 is 0 Å². The number of benzene rings is 1. The zero-order chi connectivity index (χ0) is 11.3. The average Bonchev–Trinajstić information content (AvgIpc) is 2.21. The van der Waals surface area contributed by atoms with Gasteiger partial charge in [0.1, 0.15) is 0 Å². The van der Waals surface area contributed by atoms with Gasteiger partial charge < -0.3 is 5.32 Å². The van der Waals surface area contributed by atoms with Gasteiger partial charge in [0.25, 0.3) is 6.43 Å². The van der Waals surface area contributed by atoms with Crippen molar-refractivity contribution >= 4 is 5.69 Å². The SMILES string of the molecule is CCCc1ccc(NC(C)C(F)F)cc1. The number of nitrogens with one attached hydrogen (secondary N) is 1. The van der Waals surface area contributed by atoms with Crippen LogP contribution >= 0.6 is 0 Å². The van der Waals surface area contributed by atoms with E-state index < -0.39 is 12.5 Å². The summed E-state index contributed by atoms with van der Waals surface area (Å²) < 4.78 is 24.5. The number of hydrogen-bond donors (Lipinski definition) is 1. The molecule has 0 bridgehead atoms. The molecule has 3 heteroatoms. The third-order valence-electron chi connectivity index (χ3n) is 2.26. The quantitative estimate of drug-likeness (QED) is 0.786. The first-order chi connectivity index (χ1) is 7.13. The number of anilines is 1. The molecule has 84 valence electrons. The predicted octanol–water partition coefficient (Wildman–Crippen LogP) is 3.70. The van der Waals surface area contributed by atoms with E-state index in [0.29, 0.717) is 0 Å². The molecule has 0 aliphatic heterocycles. The van der Waals surface area contributed by atoms with Crippen LogP contribution in [0.25, 0.3) is 0 Å². The molecule has 0 aliphatic carbocycles. The highest BCUT2D eigenvalue weighted by Gasteiger charge is 2.13. The first-order valence-electron chi connectivity index (χ1n) is 5.27. The molecule has 0 saturated heterocycles. The summed E-state index contributed by atoms with van der Waals surface area (Å²) in [5.74, 6) is 0. The van der Waals surface area contributed by atoms with Gasteiger partial charge >= 0.3 is 0 Å². The number of alkyl halides is 2. The second kappa shape index (κ2) is 5.69. The van der Waals surface area contributed by atoms with Gasteiger partial charge in [-0.3, -0.25) is 0 Å². The first kappa shape index (κ1) is 12.0. The second-order valence-electron chi connectivity index (χ2n) is 3.71. The lowest BCUT2D eigenvalue weighted by molar-refractivity contribution is 0.131. The van der Waals surface area contributed by atoms with Crippen molar-refractivity contribution in [1.82, 2.24) is 0 Å². The summed E-state index contributed by atoms with van der Waals surface area (Å²) in [6.07, 6.45) is -0.203. The largest absolute Gasteiger partial charge is 0.377 e. The van der Waals surface area contributed by atoms with Gasteiger partial charge in [0.2, 0.25) is 0 Å². The van der Waals surface area contributed by atoms with Crippen LogP contribution in [0.3, 0.4) is 0 Å². The van der Waals surface area contributed by atoms with E-state index in [0.717, 1.165) is 18.5 Å². The Morgan fingerprint density at radius 1 is 1.20 bits per heavy atom. The Bertz CT molecular complexity index is 282. The zero-order valence-electron chi connectivity index (χ0n) is 9.13. The zero-order valence-corrected chi connectivity index (χ0v) is 9.13. The van der Waals surface area contributed by atoms with Crippen LogP contribution in [0.2, 0.25) is 0 Å². The molecule has 1 nitrogen and oxygen atoms in total. The van der Waals surface area contributed by atoms with Crippen LogP contribution in [-0.2, 0) is 6.42 Å². The van der Waals surface area contributed by atoms with Crippen LogP contribution in [-0.4, -0.2) is 12.5 Å². The molecule has 0 fully saturated rings. The van der Waals surface area contributed by atoms with Crippen molar-refractivity contribution in [2.24, 2.45) is 0 Å². The highest BCUT2D eigenvalue weighted by Crippen LogP contribution is 2.14. The highest BCUT2D eigenvalue weighted by atomic mass is 19.3.